The Morgan fingerprint density at radius 1 is 1.33 bits per heavy atom. The van der Waals surface area contributed by atoms with Crippen LogP contribution in [0.2, 0.25) is 0 Å². The number of nitrogens with one attached hydrogen (secondary N) is 1. The van der Waals surface area contributed by atoms with Crippen molar-refractivity contribution >= 4 is 11.5 Å². The number of hydrogen-bond donors (Lipinski definition) is 2. The molecule has 0 spiro atoms. The number of rotatable bonds is 3. The zero-order valence-corrected chi connectivity index (χ0v) is 8.64. The molecule has 1 aromatic carbocycles. The normalized spacial score (nSPS) is 10.2. The van der Waals surface area contributed by atoms with E-state index in [0.717, 1.165) is 11.3 Å². The van der Waals surface area contributed by atoms with Gasteiger partial charge < -0.3 is 11.1 Å². The Labute approximate surface area is 88.7 Å². The summed E-state index contributed by atoms with van der Waals surface area (Å²) in [7, 11) is 1.86. The van der Waals surface area contributed by atoms with Gasteiger partial charge in [-0.25, -0.2) is 0 Å². The lowest BCUT2D eigenvalue weighted by Gasteiger charge is -2.04. The van der Waals surface area contributed by atoms with Crippen LogP contribution in [0.25, 0.3) is 0 Å². The molecule has 78 valence electrons. The van der Waals surface area contributed by atoms with Crippen molar-refractivity contribution in [3.63, 3.8) is 0 Å². The second kappa shape index (κ2) is 4.04. The van der Waals surface area contributed by atoms with Crippen LogP contribution < -0.4 is 11.1 Å². The number of aromatic nitrogens is 2. The van der Waals surface area contributed by atoms with E-state index in [2.05, 4.69) is 10.4 Å². The molecule has 0 fully saturated rings. The number of hydrogen-bond acceptors (Lipinski definition) is 3. The molecule has 4 heteroatoms. The Balaban J connectivity index is 2.02. The summed E-state index contributed by atoms with van der Waals surface area (Å²) in [5.41, 5.74) is 7.83. The lowest BCUT2D eigenvalue weighted by Crippen LogP contribution is -2.00. The molecule has 2 aromatic rings. The summed E-state index contributed by atoms with van der Waals surface area (Å²) in [6, 6.07) is 10.0. The van der Waals surface area contributed by atoms with Gasteiger partial charge in [0.25, 0.3) is 0 Å². The van der Waals surface area contributed by atoms with Crippen LogP contribution in [0.4, 0.5) is 11.5 Å². The fourth-order valence-electron chi connectivity index (χ4n) is 1.44. The molecule has 1 heterocycles. The number of nitrogens with zero attached hydrogens (tertiary/aromatic N) is 2. The van der Waals surface area contributed by atoms with Crippen LogP contribution in [0.1, 0.15) is 5.56 Å². The first-order chi connectivity index (χ1) is 7.25. The zero-order chi connectivity index (χ0) is 10.7. The third-order valence-corrected chi connectivity index (χ3v) is 2.19. The third-order valence-electron chi connectivity index (χ3n) is 2.19. The van der Waals surface area contributed by atoms with Crippen molar-refractivity contribution in [3.8, 4) is 0 Å². The monoisotopic (exact) mass is 202 g/mol. The minimum atomic E-state index is 0.584. The Morgan fingerprint density at radius 2 is 2.07 bits per heavy atom. The SMILES string of the molecule is Cn1cc(CNc2ccccc2)c(N)n1. The van der Waals surface area contributed by atoms with Crippen molar-refractivity contribution < 1.29 is 0 Å². The minimum absolute atomic E-state index is 0.584. The van der Waals surface area contributed by atoms with Crippen LogP contribution in [-0.4, -0.2) is 9.78 Å². The molecule has 0 atom stereocenters. The van der Waals surface area contributed by atoms with E-state index < -0.39 is 0 Å². The van der Waals surface area contributed by atoms with Gasteiger partial charge in [-0.1, -0.05) is 18.2 Å². The van der Waals surface area contributed by atoms with Crippen LogP contribution in [0.15, 0.2) is 36.5 Å². The molecule has 0 aliphatic rings. The lowest BCUT2D eigenvalue weighted by molar-refractivity contribution is 0.771. The highest BCUT2D eigenvalue weighted by Crippen LogP contribution is 2.11. The third kappa shape index (κ3) is 2.28. The van der Waals surface area contributed by atoms with Crippen molar-refractivity contribution in [1.82, 2.24) is 9.78 Å². The van der Waals surface area contributed by atoms with E-state index in [0.29, 0.717) is 12.4 Å². The first kappa shape index (κ1) is 9.58. The van der Waals surface area contributed by atoms with Crippen molar-refractivity contribution in [2.45, 2.75) is 6.54 Å². The number of nitrogens with two attached hydrogens (primary N) is 1. The number of para-hydroxylation sites is 1. The predicted octanol–water partition coefficient (Wildman–Crippen LogP) is 1.61. The molecular weight excluding hydrogens is 188 g/mol. The average Bonchev–Trinajstić information content (AvgIpc) is 2.56. The minimum Gasteiger partial charge on any atom is -0.382 e. The fourth-order valence-corrected chi connectivity index (χ4v) is 1.44. The summed E-state index contributed by atoms with van der Waals surface area (Å²) >= 11 is 0. The van der Waals surface area contributed by atoms with Crippen molar-refractivity contribution in [2.24, 2.45) is 7.05 Å². The van der Waals surface area contributed by atoms with Gasteiger partial charge >= 0.3 is 0 Å². The van der Waals surface area contributed by atoms with E-state index in [9.17, 15) is 0 Å². The highest BCUT2D eigenvalue weighted by molar-refractivity contribution is 5.46. The molecule has 0 saturated heterocycles. The van der Waals surface area contributed by atoms with Crippen LogP contribution in [-0.2, 0) is 13.6 Å². The lowest BCUT2D eigenvalue weighted by atomic mass is 10.3. The highest BCUT2D eigenvalue weighted by Gasteiger charge is 2.02. The molecule has 2 rings (SSSR count). The van der Waals surface area contributed by atoms with Crippen LogP contribution in [0.5, 0.6) is 0 Å². The van der Waals surface area contributed by atoms with E-state index in [4.69, 9.17) is 5.73 Å². The summed E-state index contributed by atoms with van der Waals surface area (Å²) in [5.74, 6) is 0.584. The summed E-state index contributed by atoms with van der Waals surface area (Å²) in [6.45, 7) is 0.698. The van der Waals surface area contributed by atoms with Gasteiger partial charge in [0.15, 0.2) is 0 Å². The average molecular weight is 202 g/mol. The van der Waals surface area contributed by atoms with Gasteiger partial charge in [0, 0.05) is 31.0 Å². The second-order valence-corrected chi connectivity index (χ2v) is 3.43. The highest BCUT2D eigenvalue weighted by atomic mass is 15.3. The first-order valence-electron chi connectivity index (χ1n) is 4.82. The standard InChI is InChI=1S/C11H14N4/c1-15-8-9(11(12)14-15)7-13-10-5-3-2-4-6-10/h2-6,8,13H,7H2,1H3,(H2,12,14). The maximum absolute atomic E-state index is 5.73. The molecule has 15 heavy (non-hydrogen) atoms. The summed E-state index contributed by atoms with van der Waals surface area (Å²) < 4.78 is 1.72. The van der Waals surface area contributed by atoms with Gasteiger partial charge in [-0.05, 0) is 12.1 Å². The van der Waals surface area contributed by atoms with E-state index in [1.165, 1.54) is 0 Å². The summed E-state index contributed by atoms with van der Waals surface area (Å²) in [4.78, 5) is 0. The van der Waals surface area contributed by atoms with E-state index >= 15 is 0 Å². The van der Waals surface area contributed by atoms with Crippen molar-refractivity contribution in [2.75, 3.05) is 11.1 Å². The number of aryl methyl sites for hydroxylation is 1. The number of nitrogen functional groups attached to an aromatic ring is 1. The molecule has 4 nitrogen and oxygen atoms in total. The van der Waals surface area contributed by atoms with E-state index in [-0.39, 0.29) is 0 Å². The van der Waals surface area contributed by atoms with Crippen molar-refractivity contribution in [3.05, 3.63) is 42.1 Å². The molecule has 1 aromatic heterocycles. The number of anilines is 2. The smallest absolute Gasteiger partial charge is 0.150 e. The van der Waals surface area contributed by atoms with Gasteiger partial charge in [-0.15, -0.1) is 0 Å². The number of benzene rings is 1. The maximum Gasteiger partial charge on any atom is 0.150 e. The molecule has 3 N–H and O–H groups in total. The van der Waals surface area contributed by atoms with Crippen molar-refractivity contribution in [1.29, 1.82) is 0 Å². The quantitative estimate of drug-likeness (QED) is 0.795. The van der Waals surface area contributed by atoms with Crippen LogP contribution in [0.3, 0.4) is 0 Å². The van der Waals surface area contributed by atoms with Gasteiger partial charge in [-0.3, -0.25) is 4.68 Å². The molecule has 0 amide bonds. The molecule has 0 aliphatic heterocycles. The van der Waals surface area contributed by atoms with Gasteiger partial charge in [0.1, 0.15) is 5.82 Å². The fraction of sp³-hybridized carbons (Fsp3) is 0.182. The largest absolute Gasteiger partial charge is 0.382 e. The van der Waals surface area contributed by atoms with Crippen LogP contribution >= 0.6 is 0 Å². The summed E-state index contributed by atoms with van der Waals surface area (Å²) in [5, 5.41) is 7.36. The Bertz CT molecular complexity index is 433. The topological polar surface area (TPSA) is 55.9 Å². The maximum atomic E-state index is 5.73. The molecule has 0 saturated carbocycles. The summed E-state index contributed by atoms with van der Waals surface area (Å²) in [6.07, 6.45) is 1.92. The molecule has 0 radical (unpaired) electrons. The second-order valence-electron chi connectivity index (χ2n) is 3.43. The first-order valence-corrected chi connectivity index (χ1v) is 4.82. The Kier molecular flexibility index (Phi) is 2.58. The Morgan fingerprint density at radius 3 is 2.67 bits per heavy atom. The zero-order valence-electron chi connectivity index (χ0n) is 8.64. The van der Waals surface area contributed by atoms with Gasteiger partial charge in [0.05, 0.1) is 0 Å². The Hall–Kier alpha value is -1.97. The van der Waals surface area contributed by atoms with E-state index in [1.54, 1.807) is 4.68 Å². The van der Waals surface area contributed by atoms with E-state index in [1.807, 2.05) is 43.6 Å². The van der Waals surface area contributed by atoms with Gasteiger partial charge in [0.2, 0.25) is 0 Å². The predicted molar refractivity (Wildman–Crippen MR) is 61.4 cm³/mol. The van der Waals surface area contributed by atoms with Crippen LogP contribution in [0, 0.1) is 0 Å². The molecule has 0 aliphatic carbocycles. The van der Waals surface area contributed by atoms with Gasteiger partial charge in [-0.2, -0.15) is 5.10 Å². The molecule has 0 bridgehead atoms. The molecule has 0 unspecified atom stereocenters. The molecular formula is C11H14N4.